The van der Waals surface area contributed by atoms with Gasteiger partial charge >= 0.3 is 0 Å². The summed E-state index contributed by atoms with van der Waals surface area (Å²) in [5.41, 5.74) is 1.49. The molecule has 3 nitrogen and oxygen atoms in total. The van der Waals surface area contributed by atoms with E-state index in [0.717, 1.165) is 29.5 Å². The lowest BCUT2D eigenvalue weighted by Crippen LogP contribution is -2.13. The molecule has 3 aromatic carbocycles. The average Bonchev–Trinajstić information content (AvgIpc) is 2.61. The maximum absolute atomic E-state index is 13.1. The molecule has 0 bridgehead atoms. The highest BCUT2D eigenvalue weighted by Gasteiger charge is 2.18. The molecule has 0 aromatic heterocycles. The number of nitrogens with one attached hydrogen (secondary N) is 1. The molecule has 0 saturated heterocycles. The van der Waals surface area contributed by atoms with E-state index in [9.17, 15) is 12.8 Å². The fraction of sp³-hybridized carbons (Fsp3) is 0.0526. The molecule has 0 fully saturated rings. The van der Waals surface area contributed by atoms with Crippen LogP contribution in [-0.4, -0.2) is 8.42 Å². The van der Waals surface area contributed by atoms with Crippen molar-refractivity contribution in [1.29, 1.82) is 0 Å². The van der Waals surface area contributed by atoms with Crippen LogP contribution in [0.4, 0.5) is 10.1 Å². The monoisotopic (exact) mass is 407 g/mol. The SMILES string of the molecule is O=S(=O)(Nc1ccc(CSc2ccccc2)cc1)c1ccc(F)cc1Cl. The van der Waals surface area contributed by atoms with Crippen molar-refractivity contribution in [1.82, 2.24) is 0 Å². The quantitative estimate of drug-likeness (QED) is 0.543. The van der Waals surface area contributed by atoms with Crippen LogP contribution in [0.1, 0.15) is 5.56 Å². The lowest BCUT2D eigenvalue weighted by atomic mass is 10.2. The minimum atomic E-state index is -3.88. The fourth-order valence-electron chi connectivity index (χ4n) is 2.26. The molecule has 0 unspecified atom stereocenters. The highest BCUT2D eigenvalue weighted by Crippen LogP contribution is 2.26. The van der Waals surface area contributed by atoms with Gasteiger partial charge in [-0.25, -0.2) is 12.8 Å². The van der Waals surface area contributed by atoms with Gasteiger partial charge in [0.2, 0.25) is 0 Å². The summed E-state index contributed by atoms with van der Waals surface area (Å²) < 4.78 is 40.4. The zero-order chi connectivity index (χ0) is 18.6. The molecule has 0 saturated carbocycles. The Labute approximate surface area is 161 Å². The first-order chi connectivity index (χ1) is 12.4. The molecule has 0 radical (unpaired) electrons. The van der Waals surface area contributed by atoms with E-state index in [1.165, 1.54) is 4.90 Å². The summed E-state index contributed by atoms with van der Waals surface area (Å²) in [5.74, 6) is 0.190. The van der Waals surface area contributed by atoms with E-state index >= 15 is 0 Å². The number of halogens is 2. The maximum atomic E-state index is 13.1. The zero-order valence-electron chi connectivity index (χ0n) is 13.5. The van der Waals surface area contributed by atoms with Gasteiger partial charge in [0.25, 0.3) is 10.0 Å². The summed E-state index contributed by atoms with van der Waals surface area (Å²) in [4.78, 5) is 1.01. The highest BCUT2D eigenvalue weighted by molar-refractivity contribution is 7.98. The van der Waals surface area contributed by atoms with Gasteiger partial charge in [-0.1, -0.05) is 41.9 Å². The van der Waals surface area contributed by atoms with Crippen molar-refractivity contribution in [3.05, 3.63) is 89.2 Å². The molecule has 0 spiro atoms. The van der Waals surface area contributed by atoms with Crippen LogP contribution in [0.25, 0.3) is 0 Å². The first-order valence-electron chi connectivity index (χ1n) is 7.69. The van der Waals surface area contributed by atoms with E-state index in [1.807, 2.05) is 42.5 Å². The molecule has 7 heteroatoms. The molecule has 134 valence electrons. The average molecular weight is 408 g/mol. The summed E-state index contributed by atoms with van der Waals surface area (Å²) in [7, 11) is -3.88. The van der Waals surface area contributed by atoms with Crippen molar-refractivity contribution in [3.63, 3.8) is 0 Å². The van der Waals surface area contributed by atoms with Crippen LogP contribution in [-0.2, 0) is 15.8 Å². The van der Waals surface area contributed by atoms with Gasteiger partial charge in [-0.3, -0.25) is 4.72 Å². The van der Waals surface area contributed by atoms with Crippen molar-refractivity contribution in [2.24, 2.45) is 0 Å². The van der Waals surface area contributed by atoms with Crippen LogP contribution >= 0.6 is 23.4 Å². The zero-order valence-corrected chi connectivity index (χ0v) is 15.9. The van der Waals surface area contributed by atoms with Gasteiger partial charge in [-0.05, 0) is 48.0 Å². The lowest BCUT2D eigenvalue weighted by molar-refractivity contribution is 0.600. The second-order valence-electron chi connectivity index (χ2n) is 5.48. The summed E-state index contributed by atoms with van der Waals surface area (Å²) in [6, 6.07) is 20.3. The van der Waals surface area contributed by atoms with E-state index in [4.69, 9.17) is 11.6 Å². The van der Waals surface area contributed by atoms with Gasteiger partial charge < -0.3 is 0 Å². The standard InChI is InChI=1S/C19H15ClFNO2S2/c20-18-12-15(21)8-11-19(18)26(23,24)22-16-9-6-14(7-10-16)13-25-17-4-2-1-3-5-17/h1-12,22H,13H2. The third-order valence-corrected chi connectivity index (χ3v) is 6.49. The van der Waals surface area contributed by atoms with E-state index in [0.29, 0.717) is 5.69 Å². The predicted molar refractivity (Wildman–Crippen MR) is 105 cm³/mol. The molecule has 0 atom stereocenters. The van der Waals surface area contributed by atoms with Crippen LogP contribution in [0.3, 0.4) is 0 Å². The molecular weight excluding hydrogens is 393 g/mol. The number of benzene rings is 3. The summed E-state index contributed by atoms with van der Waals surface area (Å²) in [6.07, 6.45) is 0. The lowest BCUT2D eigenvalue weighted by Gasteiger charge is -2.10. The van der Waals surface area contributed by atoms with Gasteiger partial charge in [0.05, 0.1) is 5.02 Å². The van der Waals surface area contributed by atoms with E-state index in [2.05, 4.69) is 4.72 Å². The molecule has 1 N–H and O–H groups in total. The number of anilines is 1. The van der Waals surface area contributed by atoms with Crippen LogP contribution in [0.5, 0.6) is 0 Å². The molecular formula is C19H15ClFNO2S2. The van der Waals surface area contributed by atoms with Gasteiger partial charge in [0.15, 0.2) is 0 Å². The first-order valence-corrected chi connectivity index (χ1v) is 10.5. The molecule has 26 heavy (non-hydrogen) atoms. The van der Waals surface area contributed by atoms with Crippen LogP contribution in [0, 0.1) is 5.82 Å². The van der Waals surface area contributed by atoms with Gasteiger partial charge in [-0.15, -0.1) is 11.8 Å². The topological polar surface area (TPSA) is 46.2 Å². The molecule has 0 amide bonds. The van der Waals surface area contributed by atoms with E-state index in [-0.39, 0.29) is 9.92 Å². The van der Waals surface area contributed by atoms with Crippen molar-refractivity contribution in [3.8, 4) is 0 Å². The second kappa shape index (κ2) is 8.12. The Morgan fingerprint density at radius 3 is 2.31 bits per heavy atom. The Kier molecular flexibility index (Phi) is 5.86. The Hall–Kier alpha value is -2.02. The Balaban J connectivity index is 1.68. The molecule has 0 aliphatic carbocycles. The van der Waals surface area contributed by atoms with E-state index < -0.39 is 15.8 Å². The van der Waals surface area contributed by atoms with Crippen molar-refractivity contribution < 1.29 is 12.8 Å². The van der Waals surface area contributed by atoms with Crippen molar-refractivity contribution >= 4 is 39.1 Å². The van der Waals surface area contributed by atoms with Gasteiger partial charge in [0, 0.05) is 16.3 Å². The summed E-state index contributed by atoms with van der Waals surface area (Å²) in [6.45, 7) is 0. The molecule has 0 aliphatic heterocycles. The Morgan fingerprint density at radius 2 is 1.65 bits per heavy atom. The molecule has 3 aromatic rings. The van der Waals surface area contributed by atoms with Gasteiger partial charge in [-0.2, -0.15) is 0 Å². The Morgan fingerprint density at radius 1 is 0.962 bits per heavy atom. The first kappa shape index (κ1) is 18.8. The normalized spacial score (nSPS) is 11.3. The van der Waals surface area contributed by atoms with Crippen molar-refractivity contribution in [2.45, 2.75) is 15.5 Å². The number of sulfonamides is 1. The number of rotatable bonds is 6. The van der Waals surface area contributed by atoms with Gasteiger partial charge in [0.1, 0.15) is 10.7 Å². The minimum Gasteiger partial charge on any atom is -0.280 e. The fourth-order valence-corrected chi connectivity index (χ4v) is 4.72. The minimum absolute atomic E-state index is 0.159. The van der Waals surface area contributed by atoms with Crippen LogP contribution in [0.15, 0.2) is 82.6 Å². The summed E-state index contributed by atoms with van der Waals surface area (Å²) >= 11 is 7.54. The second-order valence-corrected chi connectivity index (χ2v) is 8.59. The number of hydrogen-bond acceptors (Lipinski definition) is 3. The largest absolute Gasteiger partial charge is 0.280 e. The molecule has 0 aliphatic rings. The van der Waals surface area contributed by atoms with E-state index in [1.54, 1.807) is 23.9 Å². The summed E-state index contributed by atoms with van der Waals surface area (Å²) in [5, 5.41) is -0.159. The Bertz CT molecular complexity index is 994. The van der Waals surface area contributed by atoms with Crippen LogP contribution in [0.2, 0.25) is 5.02 Å². The number of hydrogen-bond donors (Lipinski definition) is 1. The van der Waals surface area contributed by atoms with Crippen molar-refractivity contribution in [2.75, 3.05) is 4.72 Å². The third-order valence-electron chi connectivity index (χ3n) is 3.54. The number of thioether (sulfide) groups is 1. The molecule has 3 rings (SSSR count). The third kappa shape index (κ3) is 4.78. The molecule has 0 heterocycles. The predicted octanol–water partition coefficient (Wildman–Crippen LogP) is 5.57. The van der Waals surface area contributed by atoms with Crippen LogP contribution < -0.4 is 4.72 Å². The smallest absolute Gasteiger partial charge is 0.263 e. The maximum Gasteiger partial charge on any atom is 0.263 e. The highest BCUT2D eigenvalue weighted by atomic mass is 35.5.